The Hall–Kier alpha value is -3.42. The normalized spacial score (nSPS) is 12.3. The van der Waals surface area contributed by atoms with Crippen LogP contribution in [0.4, 0.5) is 17.6 Å². The van der Waals surface area contributed by atoms with Gasteiger partial charge in [-0.2, -0.15) is 17.6 Å². The minimum Gasteiger partial charge on any atom is -0.346 e. The summed E-state index contributed by atoms with van der Waals surface area (Å²) in [4.78, 5) is 23.2. The minimum atomic E-state index is -4.56. The largest absolute Gasteiger partial charge is 0.346 e. The van der Waals surface area contributed by atoms with E-state index >= 15 is 0 Å². The Bertz CT molecular complexity index is 822. The molecule has 2 rings (SSSR count). The minimum absolute atomic E-state index is 0.649. The van der Waals surface area contributed by atoms with Crippen molar-refractivity contribution in [1.29, 1.82) is 0 Å². The highest BCUT2D eigenvalue weighted by atomic mass is 19.3. The van der Waals surface area contributed by atoms with Crippen LogP contribution in [-0.2, 0) is 9.59 Å². The summed E-state index contributed by atoms with van der Waals surface area (Å²) < 4.78 is 55.5. The van der Waals surface area contributed by atoms with Gasteiger partial charge in [0.25, 0.3) is 0 Å². The van der Waals surface area contributed by atoms with Gasteiger partial charge in [-0.05, 0) is 23.3 Å². The number of carbonyl (C=O) groups excluding carboxylic acids is 2. The van der Waals surface area contributed by atoms with Crippen molar-refractivity contribution in [2.45, 2.75) is 11.8 Å². The van der Waals surface area contributed by atoms with Crippen LogP contribution in [0.25, 0.3) is 12.2 Å². The maximum atomic E-state index is 13.9. The summed E-state index contributed by atoms with van der Waals surface area (Å²) in [5, 5.41) is 3.50. The molecule has 0 aliphatic heterocycles. The first kappa shape index (κ1) is 22.9. The highest BCUT2D eigenvalue weighted by Gasteiger charge is 2.56. The van der Waals surface area contributed by atoms with Crippen molar-refractivity contribution >= 4 is 24.0 Å². The van der Waals surface area contributed by atoms with Crippen LogP contribution in [0.2, 0.25) is 0 Å². The van der Waals surface area contributed by atoms with Crippen LogP contribution in [0, 0.1) is 0 Å². The molecule has 0 saturated carbocycles. The SMILES string of the molecule is O=C(/C=C/c1ccccc1)NCC(F)(F)C(F)(F)CNC(=O)/C=C/c1ccccc1. The number of hydrogen-bond donors (Lipinski definition) is 2. The van der Waals surface area contributed by atoms with E-state index in [2.05, 4.69) is 0 Å². The van der Waals surface area contributed by atoms with Gasteiger partial charge in [-0.15, -0.1) is 0 Å². The molecule has 0 unspecified atom stereocenters. The van der Waals surface area contributed by atoms with Gasteiger partial charge < -0.3 is 10.6 Å². The molecular weight excluding hydrogens is 400 g/mol. The van der Waals surface area contributed by atoms with Gasteiger partial charge in [0.2, 0.25) is 11.8 Å². The molecule has 0 aliphatic rings. The van der Waals surface area contributed by atoms with E-state index in [9.17, 15) is 27.2 Å². The Morgan fingerprint density at radius 1 is 0.667 bits per heavy atom. The lowest BCUT2D eigenvalue weighted by Gasteiger charge is -2.26. The lowest BCUT2D eigenvalue weighted by atomic mass is 10.1. The highest BCUT2D eigenvalue weighted by molar-refractivity contribution is 5.92. The van der Waals surface area contributed by atoms with E-state index in [0.29, 0.717) is 11.1 Å². The Kier molecular flexibility index (Phi) is 7.91. The number of amides is 2. The molecule has 0 bridgehead atoms. The fourth-order valence-electron chi connectivity index (χ4n) is 2.24. The van der Waals surface area contributed by atoms with Gasteiger partial charge >= 0.3 is 11.8 Å². The Labute approximate surface area is 171 Å². The van der Waals surface area contributed by atoms with Crippen LogP contribution in [0.5, 0.6) is 0 Å². The molecule has 2 aromatic carbocycles. The molecule has 0 saturated heterocycles. The second-order valence-corrected chi connectivity index (χ2v) is 6.33. The first-order valence-electron chi connectivity index (χ1n) is 8.97. The van der Waals surface area contributed by atoms with E-state index < -0.39 is 36.7 Å². The molecular formula is C22H20F4N2O2. The zero-order valence-electron chi connectivity index (χ0n) is 15.8. The first-order valence-corrected chi connectivity index (χ1v) is 8.97. The van der Waals surface area contributed by atoms with Crippen LogP contribution in [0.1, 0.15) is 11.1 Å². The summed E-state index contributed by atoms with van der Waals surface area (Å²) in [5.74, 6) is -11.0. The van der Waals surface area contributed by atoms with Crippen molar-refractivity contribution in [3.8, 4) is 0 Å². The van der Waals surface area contributed by atoms with E-state index in [-0.39, 0.29) is 0 Å². The van der Waals surface area contributed by atoms with Gasteiger partial charge in [0.15, 0.2) is 0 Å². The van der Waals surface area contributed by atoms with Crippen molar-refractivity contribution in [2.75, 3.05) is 13.1 Å². The van der Waals surface area contributed by atoms with Crippen LogP contribution >= 0.6 is 0 Å². The molecule has 0 aliphatic carbocycles. The van der Waals surface area contributed by atoms with Crippen LogP contribution < -0.4 is 10.6 Å². The number of nitrogens with one attached hydrogen (secondary N) is 2. The molecule has 2 amide bonds. The lowest BCUT2D eigenvalue weighted by Crippen LogP contribution is -2.54. The third-order valence-electron chi connectivity index (χ3n) is 3.96. The van der Waals surface area contributed by atoms with Gasteiger partial charge in [-0.1, -0.05) is 60.7 Å². The van der Waals surface area contributed by atoms with E-state index in [1.807, 2.05) is 0 Å². The van der Waals surface area contributed by atoms with E-state index in [0.717, 1.165) is 12.2 Å². The fraction of sp³-hybridized carbons (Fsp3) is 0.182. The molecule has 2 N–H and O–H groups in total. The lowest BCUT2D eigenvalue weighted by molar-refractivity contribution is -0.202. The maximum absolute atomic E-state index is 13.9. The van der Waals surface area contributed by atoms with Crippen LogP contribution in [0.3, 0.4) is 0 Å². The quantitative estimate of drug-likeness (QED) is 0.477. The second-order valence-electron chi connectivity index (χ2n) is 6.33. The topological polar surface area (TPSA) is 58.2 Å². The van der Waals surface area contributed by atoms with Gasteiger partial charge in [-0.3, -0.25) is 9.59 Å². The molecule has 0 radical (unpaired) electrons. The number of carbonyl (C=O) groups is 2. The molecule has 0 atom stereocenters. The summed E-state index contributed by atoms with van der Waals surface area (Å²) >= 11 is 0. The molecule has 0 fully saturated rings. The third-order valence-corrected chi connectivity index (χ3v) is 3.96. The molecule has 0 heterocycles. The summed E-state index contributed by atoms with van der Waals surface area (Å²) in [6.45, 7) is -3.15. The summed E-state index contributed by atoms with van der Waals surface area (Å²) in [5.41, 5.74) is 1.30. The van der Waals surface area contributed by atoms with Crippen molar-refractivity contribution in [3.05, 3.63) is 83.9 Å². The summed E-state index contributed by atoms with van der Waals surface area (Å²) in [6, 6.07) is 17.1. The summed E-state index contributed by atoms with van der Waals surface area (Å²) in [6.07, 6.45) is 4.68. The predicted molar refractivity (Wildman–Crippen MR) is 107 cm³/mol. The average Bonchev–Trinajstić information content (AvgIpc) is 2.75. The van der Waals surface area contributed by atoms with Crippen molar-refractivity contribution in [3.63, 3.8) is 0 Å². The monoisotopic (exact) mass is 420 g/mol. The first-order chi connectivity index (χ1) is 14.2. The van der Waals surface area contributed by atoms with Gasteiger partial charge in [0.05, 0.1) is 13.1 Å². The number of halogens is 4. The zero-order valence-corrected chi connectivity index (χ0v) is 15.8. The summed E-state index contributed by atoms with van der Waals surface area (Å²) in [7, 11) is 0. The van der Waals surface area contributed by atoms with Crippen molar-refractivity contribution in [1.82, 2.24) is 10.6 Å². The van der Waals surface area contributed by atoms with E-state index in [4.69, 9.17) is 0 Å². The van der Waals surface area contributed by atoms with E-state index in [1.54, 1.807) is 71.3 Å². The molecule has 30 heavy (non-hydrogen) atoms. The molecule has 0 aromatic heterocycles. The number of rotatable bonds is 9. The standard InChI is InChI=1S/C22H20F4N2O2/c23-21(24,15-27-19(29)13-11-17-7-3-1-4-8-17)22(25,26)16-28-20(30)14-12-18-9-5-2-6-10-18/h1-14H,15-16H2,(H,27,29)(H,28,30)/b13-11+,14-12+. The second kappa shape index (κ2) is 10.4. The predicted octanol–water partition coefficient (Wildman–Crippen LogP) is 3.92. The highest BCUT2D eigenvalue weighted by Crippen LogP contribution is 2.33. The van der Waals surface area contributed by atoms with E-state index in [1.165, 1.54) is 12.2 Å². The molecule has 2 aromatic rings. The van der Waals surface area contributed by atoms with Crippen LogP contribution in [-0.4, -0.2) is 36.7 Å². The molecule has 0 spiro atoms. The molecule has 8 heteroatoms. The van der Waals surface area contributed by atoms with Gasteiger partial charge in [0.1, 0.15) is 0 Å². The third kappa shape index (κ3) is 7.20. The van der Waals surface area contributed by atoms with Gasteiger partial charge in [-0.25, -0.2) is 0 Å². The molecule has 158 valence electrons. The average molecular weight is 420 g/mol. The van der Waals surface area contributed by atoms with Gasteiger partial charge in [0, 0.05) is 12.2 Å². The molecule has 4 nitrogen and oxygen atoms in total. The number of hydrogen-bond acceptors (Lipinski definition) is 2. The number of benzene rings is 2. The van der Waals surface area contributed by atoms with Crippen molar-refractivity contribution in [2.24, 2.45) is 0 Å². The van der Waals surface area contributed by atoms with Crippen LogP contribution in [0.15, 0.2) is 72.8 Å². The number of alkyl halides is 4. The Morgan fingerprint density at radius 2 is 1.00 bits per heavy atom. The smallest absolute Gasteiger partial charge is 0.328 e. The maximum Gasteiger partial charge on any atom is 0.328 e. The Morgan fingerprint density at radius 3 is 1.33 bits per heavy atom. The Balaban J connectivity index is 1.84. The zero-order chi connectivity index (χ0) is 22.0. The fourth-order valence-corrected chi connectivity index (χ4v) is 2.24. The van der Waals surface area contributed by atoms with Crippen molar-refractivity contribution < 1.29 is 27.2 Å².